The van der Waals surface area contributed by atoms with Gasteiger partial charge in [0.1, 0.15) is 5.82 Å². The smallest absolute Gasteiger partial charge is 0.131 e. The number of rotatable bonds is 3. The highest BCUT2D eigenvalue weighted by atomic mass is 19.1. The van der Waals surface area contributed by atoms with Crippen LogP contribution in [0.2, 0.25) is 0 Å². The lowest BCUT2D eigenvalue weighted by atomic mass is 9.96. The molecule has 0 aliphatic rings. The zero-order valence-electron chi connectivity index (χ0n) is 14.9. The first kappa shape index (κ1) is 16.7. The van der Waals surface area contributed by atoms with Crippen LogP contribution < -0.4 is 5.73 Å². The quantitative estimate of drug-likeness (QED) is 0.700. The van der Waals surface area contributed by atoms with Gasteiger partial charge in [0.2, 0.25) is 0 Å². The third-order valence-electron chi connectivity index (χ3n) is 4.35. The largest absolute Gasteiger partial charge is 0.347 e. The Balaban J connectivity index is 2.25. The first-order chi connectivity index (χ1) is 11.3. The molecule has 2 nitrogen and oxygen atoms in total. The summed E-state index contributed by atoms with van der Waals surface area (Å²) in [6, 6.07) is 11.5. The molecule has 0 spiro atoms. The molecular weight excluding hydrogens is 299 g/mol. The van der Waals surface area contributed by atoms with Crippen LogP contribution in [0.1, 0.15) is 31.9 Å². The molecule has 0 unspecified atom stereocenters. The molecule has 0 fully saturated rings. The number of aryl methyl sites for hydroxylation is 1. The maximum absolute atomic E-state index is 14.8. The molecule has 0 aliphatic carbocycles. The number of benzene rings is 2. The molecular formula is C21H25FN2. The lowest BCUT2D eigenvalue weighted by molar-refractivity contribution is 0.349. The Morgan fingerprint density at radius 3 is 2.42 bits per heavy atom. The molecule has 3 heteroatoms. The molecule has 0 atom stereocenters. The summed E-state index contributed by atoms with van der Waals surface area (Å²) in [7, 11) is 0. The number of nitrogens with two attached hydrogens (primary N) is 1. The van der Waals surface area contributed by atoms with Crippen LogP contribution in [-0.4, -0.2) is 4.57 Å². The van der Waals surface area contributed by atoms with Gasteiger partial charge in [0.15, 0.2) is 0 Å². The molecule has 0 radical (unpaired) electrons. The second-order valence-corrected chi connectivity index (χ2v) is 7.71. The van der Waals surface area contributed by atoms with Crippen LogP contribution >= 0.6 is 0 Å². The fraction of sp³-hybridized carbons (Fsp3) is 0.333. The van der Waals surface area contributed by atoms with Gasteiger partial charge in [0.05, 0.1) is 0 Å². The van der Waals surface area contributed by atoms with E-state index in [2.05, 4.69) is 31.5 Å². The average molecular weight is 324 g/mol. The molecule has 126 valence electrons. The lowest BCUT2D eigenvalue weighted by Gasteiger charge is -2.20. The third-order valence-corrected chi connectivity index (χ3v) is 4.35. The van der Waals surface area contributed by atoms with Crippen molar-refractivity contribution in [1.82, 2.24) is 4.57 Å². The molecule has 3 rings (SSSR count). The summed E-state index contributed by atoms with van der Waals surface area (Å²) in [4.78, 5) is 0. The zero-order chi connectivity index (χ0) is 17.5. The number of hydrogen-bond acceptors (Lipinski definition) is 1. The van der Waals surface area contributed by atoms with Gasteiger partial charge in [-0.25, -0.2) is 4.39 Å². The Kier molecular flexibility index (Phi) is 4.22. The van der Waals surface area contributed by atoms with Crippen LogP contribution in [0.5, 0.6) is 0 Å². The third kappa shape index (κ3) is 3.09. The average Bonchev–Trinajstić information content (AvgIpc) is 2.82. The van der Waals surface area contributed by atoms with Crippen LogP contribution in [0, 0.1) is 18.2 Å². The summed E-state index contributed by atoms with van der Waals surface area (Å²) in [5, 5.41) is 0.914. The Hall–Kier alpha value is -2.13. The van der Waals surface area contributed by atoms with Crippen LogP contribution in [0.25, 0.3) is 22.0 Å². The number of fused-ring (bicyclic) bond motifs is 1. The Morgan fingerprint density at radius 2 is 1.79 bits per heavy atom. The van der Waals surface area contributed by atoms with E-state index in [4.69, 9.17) is 5.73 Å². The zero-order valence-corrected chi connectivity index (χ0v) is 14.9. The molecule has 24 heavy (non-hydrogen) atoms. The summed E-state index contributed by atoms with van der Waals surface area (Å²) >= 11 is 0. The van der Waals surface area contributed by atoms with Crippen molar-refractivity contribution in [3.63, 3.8) is 0 Å². The Bertz CT molecular complexity index is 885. The Labute approximate surface area is 143 Å². The molecule has 3 aromatic rings. The summed E-state index contributed by atoms with van der Waals surface area (Å²) < 4.78 is 17.0. The predicted octanol–water partition coefficient (Wildman–Crippen LogP) is 5.26. The first-order valence-corrected chi connectivity index (χ1v) is 8.37. The highest BCUT2D eigenvalue weighted by molar-refractivity contribution is 5.89. The van der Waals surface area contributed by atoms with Crippen LogP contribution in [-0.2, 0) is 13.1 Å². The summed E-state index contributed by atoms with van der Waals surface area (Å²) in [6.45, 7) is 9.89. The minimum Gasteiger partial charge on any atom is -0.347 e. The van der Waals surface area contributed by atoms with Crippen molar-refractivity contribution in [3.8, 4) is 11.1 Å². The monoisotopic (exact) mass is 324 g/mol. The fourth-order valence-corrected chi connectivity index (χ4v) is 3.27. The highest BCUT2D eigenvalue weighted by Crippen LogP contribution is 2.33. The maximum Gasteiger partial charge on any atom is 0.131 e. The number of hydrogen-bond donors (Lipinski definition) is 1. The van der Waals surface area contributed by atoms with Crippen molar-refractivity contribution in [2.24, 2.45) is 11.1 Å². The van der Waals surface area contributed by atoms with Gasteiger partial charge in [-0.1, -0.05) is 45.0 Å². The summed E-state index contributed by atoms with van der Waals surface area (Å²) in [5.74, 6) is -0.194. The lowest BCUT2D eigenvalue weighted by Crippen LogP contribution is -2.14. The predicted molar refractivity (Wildman–Crippen MR) is 99.4 cm³/mol. The van der Waals surface area contributed by atoms with Crippen molar-refractivity contribution >= 4 is 10.9 Å². The van der Waals surface area contributed by atoms with Gasteiger partial charge in [-0.15, -0.1) is 0 Å². The van der Waals surface area contributed by atoms with E-state index in [0.717, 1.165) is 34.1 Å². The van der Waals surface area contributed by atoms with Gasteiger partial charge in [0.25, 0.3) is 0 Å². The van der Waals surface area contributed by atoms with Gasteiger partial charge < -0.3 is 10.3 Å². The van der Waals surface area contributed by atoms with E-state index in [1.165, 1.54) is 0 Å². The van der Waals surface area contributed by atoms with Crippen LogP contribution in [0.3, 0.4) is 0 Å². The van der Waals surface area contributed by atoms with Crippen molar-refractivity contribution in [2.45, 2.75) is 40.8 Å². The molecule has 1 aromatic heterocycles. The molecule has 2 N–H and O–H groups in total. The summed E-state index contributed by atoms with van der Waals surface area (Å²) in [6.07, 6.45) is 2.07. The molecule has 2 aromatic carbocycles. The van der Waals surface area contributed by atoms with Gasteiger partial charge in [0, 0.05) is 35.8 Å². The standard InChI is InChI=1S/C21H25FN2/c1-14-7-5-6-8-16(14)18-10-20-17(9-19(18)22)15(11-23)12-24(20)13-21(2,3)4/h5-10,12H,11,13,23H2,1-4H3. The van der Waals surface area contributed by atoms with Crippen molar-refractivity contribution in [1.29, 1.82) is 0 Å². The molecule has 0 saturated heterocycles. The second kappa shape index (κ2) is 6.06. The maximum atomic E-state index is 14.8. The second-order valence-electron chi connectivity index (χ2n) is 7.71. The first-order valence-electron chi connectivity index (χ1n) is 8.37. The van der Waals surface area contributed by atoms with Gasteiger partial charge in [-0.2, -0.15) is 0 Å². The van der Waals surface area contributed by atoms with Gasteiger partial charge >= 0.3 is 0 Å². The highest BCUT2D eigenvalue weighted by Gasteiger charge is 2.18. The van der Waals surface area contributed by atoms with Crippen molar-refractivity contribution in [2.75, 3.05) is 0 Å². The fourth-order valence-electron chi connectivity index (χ4n) is 3.27. The molecule has 0 bridgehead atoms. The van der Waals surface area contributed by atoms with E-state index < -0.39 is 0 Å². The SMILES string of the molecule is Cc1ccccc1-c1cc2c(cc1F)c(CN)cn2CC(C)(C)C. The number of nitrogens with zero attached hydrogens (tertiary/aromatic N) is 1. The van der Waals surface area contributed by atoms with Crippen molar-refractivity contribution in [3.05, 3.63) is 59.5 Å². The molecule has 0 amide bonds. The Morgan fingerprint density at radius 1 is 1.08 bits per heavy atom. The number of halogens is 1. The van der Waals surface area contributed by atoms with E-state index >= 15 is 0 Å². The minimum atomic E-state index is -0.194. The van der Waals surface area contributed by atoms with E-state index in [1.54, 1.807) is 6.07 Å². The molecule has 1 heterocycles. The van der Waals surface area contributed by atoms with Gasteiger partial charge in [-0.3, -0.25) is 0 Å². The molecule has 0 saturated carbocycles. The van der Waals surface area contributed by atoms with Gasteiger partial charge in [-0.05, 0) is 41.2 Å². The molecule has 0 aliphatic heterocycles. The van der Waals surface area contributed by atoms with Crippen LogP contribution in [0.15, 0.2) is 42.6 Å². The topological polar surface area (TPSA) is 30.9 Å². The van der Waals surface area contributed by atoms with Crippen molar-refractivity contribution < 1.29 is 4.39 Å². The van der Waals surface area contributed by atoms with E-state index in [-0.39, 0.29) is 11.2 Å². The minimum absolute atomic E-state index is 0.134. The van der Waals surface area contributed by atoms with Crippen LogP contribution in [0.4, 0.5) is 4.39 Å². The van der Waals surface area contributed by atoms with E-state index in [9.17, 15) is 4.39 Å². The van der Waals surface area contributed by atoms with E-state index in [1.807, 2.05) is 37.3 Å². The summed E-state index contributed by atoms with van der Waals surface area (Å²) in [5.41, 5.74) is 10.7. The number of aromatic nitrogens is 1. The normalized spacial score (nSPS) is 12.1. The van der Waals surface area contributed by atoms with E-state index in [0.29, 0.717) is 12.1 Å².